The van der Waals surface area contributed by atoms with Crippen molar-refractivity contribution < 1.29 is 111 Å². The lowest BCUT2D eigenvalue weighted by atomic mass is 9.80. The van der Waals surface area contributed by atoms with E-state index < -0.39 is 182 Å². The number of likely N-dealkylation sites (N-methyl/N-ethyl adjacent to an activating group) is 1. The van der Waals surface area contributed by atoms with Gasteiger partial charge in [0, 0.05) is 48.9 Å². The van der Waals surface area contributed by atoms with Crippen LogP contribution in [0.15, 0.2) is 47.6 Å². The molecule has 23 nitrogen and oxygen atoms in total. The first-order valence-electron chi connectivity index (χ1n) is 36.0. The van der Waals surface area contributed by atoms with Crippen LogP contribution in [0.1, 0.15) is 211 Å². The van der Waals surface area contributed by atoms with Crippen molar-refractivity contribution in [3.63, 3.8) is 0 Å². The van der Waals surface area contributed by atoms with E-state index >= 15 is 0 Å². The monoisotopic (exact) mass is 1380 g/mol. The van der Waals surface area contributed by atoms with Crippen LogP contribution in [0.4, 0.5) is 0 Å². The molecule has 0 aromatic rings. The number of aliphatic hydroxyl groups excluding tert-OH is 16. The summed E-state index contributed by atoms with van der Waals surface area (Å²) in [6, 6.07) is -0.781. The molecule has 0 amide bonds. The summed E-state index contributed by atoms with van der Waals surface area (Å²) in [5.41, 5.74) is 0.999. The number of cyclic esters (lactones) is 1. The molecule has 96 heavy (non-hydrogen) atoms. The van der Waals surface area contributed by atoms with E-state index in [0.29, 0.717) is 42.7 Å². The summed E-state index contributed by atoms with van der Waals surface area (Å²) < 4.78 is 24.5. The molecular weight excluding hydrogens is 1240 g/mol. The molecule has 2 saturated heterocycles. The van der Waals surface area contributed by atoms with E-state index in [2.05, 4.69) is 13.8 Å². The maximum absolute atomic E-state index is 13.7. The number of nitrogens with zero attached hydrogens (tertiary/aromatic N) is 1. The van der Waals surface area contributed by atoms with Crippen molar-refractivity contribution in [3.05, 3.63) is 47.6 Å². The molecule has 0 saturated carbocycles. The third-order valence-electron chi connectivity index (χ3n) is 20.9. The fraction of sp³-hybridized carbons (Fsp3) is 0.877. The Morgan fingerprint density at radius 2 is 1.19 bits per heavy atom. The maximum atomic E-state index is 13.7. The van der Waals surface area contributed by atoms with Crippen molar-refractivity contribution in [2.45, 2.75) is 351 Å². The first-order valence-corrected chi connectivity index (χ1v) is 36.0. The molecule has 29 atom stereocenters. The largest absolute Gasteiger partial charge is 0.458 e. The molecule has 3 heterocycles. The van der Waals surface area contributed by atoms with Crippen LogP contribution in [0.5, 0.6) is 0 Å². The molecule has 3 aliphatic heterocycles. The van der Waals surface area contributed by atoms with Gasteiger partial charge in [0.25, 0.3) is 0 Å². The number of allylic oxidation sites excluding steroid dienone is 2. The topological polar surface area (TPSA) is 401 Å². The fourth-order valence-electron chi connectivity index (χ4n) is 13.6. The highest BCUT2D eigenvalue weighted by Gasteiger charge is 2.53. The van der Waals surface area contributed by atoms with Gasteiger partial charge in [-0.25, -0.2) is 0 Å². The van der Waals surface area contributed by atoms with Crippen molar-refractivity contribution >= 4 is 5.97 Å². The molecule has 5 unspecified atom stereocenters. The van der Waals surface area contributed by atoms with Gasteiger partial charge in [-0.1, -0.05) is 98.1 Å². The average Bonchev–Trinajstić information content (AvgIpc) is 0.771. The van der Waals surface area contributed by atoms with Crippen LogP contribution in [0.2, 0.25) is 0 Å². The Labute approximate surface area is 573 Å². The minimum absolute atomic E-state index is 0.00941. The fourth-order valence-corrected chi connectivity index (χ4v) is 13.6. The van der Waals surface area contributed by atoms with E-state index in [4.69, 9.17) is 18.9 Å². The third kappa shape index (κ3) is 29.9. The highest BCUT2D eigenvalue weighted by Crippen LogP contribution is 2.42. The van der Waals surface area contributed by atoms with E-state index in [-0.39, 0.29) is 89.4 Å². The Morgan fingerprint density at radius 3 is 1.80 bits per heavy atom. The lowest BCUT2D eigenvalue weighted by Gasteiger charge is -2.50. The number of hydrogen-bond acceptors (Lipinski definition) is 23. The van der Waals surface area contributed by atoms with Gasteiger partial charge in [-0.3, -0.25) is 4.79 Å². The quantitative estimate of drug-likeness (QED) is 0.0903. The Morgan fingerprint density at radius 1 is 0.604 bits per heavy atom. The third-order valence-corrected chi connectivity index (χ3v) is 20.9. The molecule has 562 valence electrons. The summed E-state index contributed by atoms with van der Waals surface area (Å²) in [7, 11) is 3.40. The highest BCUT2D eigenvalue weighted by molar-refractivity contribution is 5.71. The Kier molecular flexibility index (Phi) is 39.8. The van der Waals surface area contributed by atoms with E-state index in [1.54, 1.807) is 106 Å². The van der Waals surface area contributed by atoms with Crippen LogP contribution in [0, 0.1) is 41.4 Å². The molecule has 0 radical (unpaired) electrons. The molecular formula is C73H133NO22. The van der Waals surface area contributed by atoms with Gasteiger partial charge in [-0.2, -0.15) is 0 Å². The normalized spacial score (nSPS) is 44.4. The molecule has 2 bridgehead atoms. The first kappa shape index (κ1) is 87.8. The van der Waals surface area contributed by atoms with Gasteiger partial charge in [0.05, 0.1) is 122 Å². The van der Waals surface area contributed by atoms with Gasteiger partial charge in [0.1, 0.15) is 12.2 Å². The minimum atomic E-state index is -2.26. The number of fused-ring (bicyclic) bond motifs is 2. The summed E-state index contributed by atoms with van der Waals surface area (Å²) in [5.74, 6) is -6.42. The van der Waals surface area contributed by atoms with Crippen LogP contribution in [-0.4, -0.2) is 252 Å². The number of carbonyl (C=O) groups excluding carboxylic acids is 1. The standard InChI is InChI=1S/C73H133NO22/c1-41(2)20-14-16-22-51-34-44(5)63(86)37-53(76)24-19-27-58(81)46(7)57(80)25-17-15-21-43(4)68(88)48(9)64-39-65(95-72-71(91)67(74(12)13)69(89)50(11)94-72)49(10)73(92,96-64)40-66(87)93-45(6)29-30-54(77)35-52(75)23-18-26-59(82)47(8)60(83)32-28-42(3)62(85)38-56(79)36-55(78)31-33-61(84)70(51)90/h15,17,21,29-30,34,41-42,45-65,67-72,75-86,88-92H,14,16,18-20,22-28,31-33,35-40H2,1-13H3/b17-15+,30-29+,43-21+,44-34+/t42-,45?,46-,47+,48+,49+,50+,51?,52-,53+,54+,55+,56-,57+,58-,59-,60+,61?,62+,63-,64-,65-,67-,68+,69+,70+,71+,72?,73?/m0/s1. The van der Waals surface area contributed by atoms with Crippen LogP contribution in [-0.2, 0) is 23.7 Å². The van der Waals surface area contributed by atoms with Crippen LogP contribution in [0.25, 0.3) is 0 Å². The van der Waals surface area contributed by atoms with Crippen molar-refractivity contribution in [3.8, 4) is 0 Å². The lowest BCUT2D eigenvalue weighted by Crippen LogP contribution is -2.64. The van der Waals surface area contributed by atoms with Gasteiger partial charge in [-0.05, 0) is 161 Å². The van der Waals surface area contributed by atoms with Crippen molar-refractivity contribution in [1.29, 1.82) is 0 Å². The zero-order chi connectivity index (χ0) is 72.5. The maximum Gasteiger partial charge on any atom is 0.311 e. The molecule has 0 aromatic carbocycles. The summed E-state index contributed by atoms with van der Waals surface area (Å²) in [6.07, 6.45) is -7.60. The number of rotatable bonds is 8. The molecule has 23 heteroatoms. The van der Waals surface area contributed by atoms with E-state index in [9.17, 15) is 91.6 Å². The molecule has 17 N–H and O–H groups in total. The lowest BCUT2D eigenvalue weighted by molar-refractivity contribution is -0.351. The number of carbonyl (C=O) groups is 1. The van der Waals surface area contributed by atoms with Gasteiger partial charge in [0.15, 0.2) is 12.1 Å². The second-order valence-corrected chi connectivity index (χ2v) is 30.0. The van der Waals surface area contributed by atoms with E-state index in [0.717, 1.165) is 19.3 Å². The van der Waals surface area contributed by atoms with Gasteiger partial charge in [0.2, 0.25) is 0 Å². The second-order valence-electron chi connectivity index (χ2n) is 30.0. The zero-order valence-corrected chi connectivity index (χ0v) is 60.1. The number of hydrogen-bond donors (Lipinski definition) is 17. The van der Waals surface area contributed by atoms with Crippen LogP contribution < -0.4 is 0 Å². The Balaban J connectivity index is 1.86. The molecule has 0 aliphatic carbocycles. The summed E-state index contributed by atoms with van der Waals surface area (Å²) in [4.78, 5) is 15.4. The molecule has 2 fully saturated rings. The van der Waals surface area contributed by atoms with Crippen molar-refractivity contribution in [2.24, 2.45) is 41.4 Å². The number of esters is 1. The van der Waals surface area contributed by atoms with Crippen LogP contribution in [0.3, 0.4) is 0 Å². The van der Waals surface area contributed by atoms with Gasteiger partial charge in [-0.15, -0.1) is 0 Å². The van der Waals surface area contributed by atoms with E-state index in [1.807, 2.05) is 0 Å². The smallest absolute Gasteiger partial charge is 0.311 e. The molecule has 3 aliphatic rings. The molecule has 0 aromatic heterocycles. The summed E-state index contributed by atoms with van der Waals surface area (Å²) >= 11 is 0. The predicted octanol–water partition coefficient (Wildman–Crippen LogP) is 4.50. The number of unbranched alkanes of at least 4 members (excludes halogenated alkanes) is 1. The molecule has 0 spiro atoms. The highest BCUT2D eigenvalue weighted by atomic mass is 16.7. The predicted molar refractivity (Wildman–Crippen MR) is 365 cm³/mol. The SMILES string of the molecule is C/C1=C\C=C\C[C@@H](O)[C@H](C)[C@@H](O)CCC[C@@H](O)C[C@H](O)/C(C)=C/C(CCCCC(C)C)[C@@H](O)C(O)CC[C@@H](O)C[C@H](O)C[C@@H](O)[C@@H](C)CC[C@@H](O)[C@H](C)[C@@H](O)CCC[C@H](O)C[C@H](O)/C=C/C(C)OC(=O)CC2(O)O[C@@H](C[C@H](OC3O[C@H](C)[C@@H](O)[C@H](N(C)C)[C@H]3O)[C@H]2C)[C@@H](C)[C@@H]1O. The number of aliphatic hydroxyl groups is 17. The minimum Gasteiger partial charge on any atom is -0.458 e. The molecule has 3 rings (SSSR count). The second kappa shape index (κ2) is 43.5. The van der Waals surface area contributed by atoms with Gasteiger partial charge >= 0.3 is 5.97 Å². The Hall–Kier alpha value is -2.41. The first-order chi connectivity index (χ1) is 44.9. The summed E-state index contributed by atoms with van der Waals surface area (Å²) in [5, 5.41) is 191. The van der Waals surface area contributed by atoms with E-state index in [1.165, 1.54) is 12.2 Å². The van der Waals surface area contributed by atoms with Gasteiger partial charge < -0.3 is 111 Å². The average molecular weight is 1380 g/mol. The van der Waals surface area contributed by atoms with Crippen LogP contribution >= 0.6 is 0 Å². The zero-order valence-electron chi connectivity index (χ0n) is 60.1. The number of ether oxygens (including phenoxy) is 4. The van der Waals surface area contributed by atoms with Crippen molar-refractivity contribution in [2.75, 3.05) is 14.1 Å². The Bertz CT molecular complexity index is 2270. The van der Waals surface area contributed by atoms with Crippen molar-refractivity contribution in [1.82, 2.24) is 4.90 Å². The summed E-state index contributed by atoms with van der Waals surface area (Å²) in [6.45, 7) is 19.4.